The second kappa shape index (κ2) is 4.03. The Balaban J connectivity index is 2.86. The molecule has 0 heterocycles. The summed E-state index contributed by atoms with van der Waals surface area (Å²) in [4.78, 5) is 0. The van der Waals surface area contributed by atoms with Gasteiger partial charge in [-0.15, -0.1) is 0 Å². The molecule has 0 fully saturated rings. The third-order valence-corrected chi connectivity index (χ3v) is 4.34. The lowest BCUT2D eigenvalue weighted by atomic mass is 10.0. The maximum absolute atomic E-state index is 3.58. The summed E-state index contributed by atoms with van der Waals surface area (Å²) in [6, 6.07) is 10.5. The normalized spacial score (nSPS) is 10.8. The Morgan fingerprint density at radius 2 is 1.79 bits per heavy atom. The zero-order valence-corrected chi connectivity index (χ0v) is 10.9. The smallest absolute Gasteiger partial charge is 0.0395 e. The molecule has 2 heteroatoms. The van der Waals surface area contributed by atoms with Crippen molar-refractivity contribution < 1.29 is 0 Å². The third kappa shape index (κ3) is 1.61. The highest BCUT2D eigenvalue weighted by Crippen LogP contribution is 2.33. The SMILES string of the molecule is C[CH]c1cccc2c(Br)c(Br)ccc12. The molecule has 0 saturated heterocycles. The van der Waals surface area contributed by atoms with Crippen molar-refractivity contribution in [1.82, 2.24) is 0 Å². The van der Waals surface area contributed by atoms with Crippen LogP contribution >= 0.6 is 31.9 Å². The molecular weight excluding hydrogens is 304 g/mol. The second-order valence-electron chi connectivity index (χ2n) is 3.09. The first-order chi connectivity index (χ1) is 6.74. The maximum atomic E-state index is 3.58. The van der Waals surface area contributed by atoms with Gasteiger partial charge in [0.25, 0.3) is 0 Å². The first kappa shape index (κ1) is 10.2. The summed E-state index contributed by atoms with van der Waals surface area (Å²) in [6.45, 7) is 2.06. The molecule has 2 aromatic carbocycles. The van der Waals surface area contributed by atoms with E-state index in [4.69, 9.17) is 0 Å². The Bertz CT molecular complexity index is 475. The lowest BCUT2D eigenvalue weighted by molar-refractivity contribution is 1.46. The molecule has 2 rings (SSSR count). The van der Waals surface area contributed by atoms with E-state index < -0.39 is 0 Å². The van der Waals surface area contributed by atoms with Crippen LogP contribution < -0.4 is 0 Å². The number of fused-ring (bicyclic) bond motifs is 1. The van der Waals surface area contributed by atoms with Crippen molar-refractivity contribution in [3.05, 3.63) is 51.3 Å². The first-order valence-electron chi connectivity index (χ1n) is 4.40. The molecule has 0 atom stereocenters. The van der Waals surface area contributed by atoms with Crippen LogP contribution in [0.2, 0.25) is 0 Å². The molecule has 71 valence electrons. The van der Waals surface area contributed by atoms with Crippen LogP contribution in [0.1, 0.15) is 12.5 Å². The van der Waals surface area contributed by atoms with Crippen molar-refractivity contribution in [3.8, 4) is 0 Å². The van der Waals surface area contributed by atoms with Gasteiger partial charge in [0.15, 0.2) is 0 Å². The summed E-state index contributed by atoms with van der Waals surface area (Å²) in [7, 11) is 0. The van der Waals surface area contributed by atoms with Gasteiger partial charge in [-0.2, -0.15) is 0 Å². The van der Waals surface area contributed by atoms with Crippen molar-refractivity contribution >= 4 is 42.6 Å². The minimum atomic E-state index is 1.10. The third-order valence-electron chi connectivity index (χ3n) is 2.29. The van der Waals surface area contributed by atoms with Crippen LogP contribution in [-0.2, 0) is 0 Å². The highest BCUT2D eigenvalue weighted by molar-refractivity contribution is 9.13. The van der Waals surface area contributed by atoms with Crippen LogP contribution in [0.25, 0.3) is 10.8 Å². The topological polar surface area (TPSA) is 0 Å². The van der Waals surface area contributed by atoms with Gasteiger partial charge in [0.1, 0.15) is 0 Å². The fourth-order valence-electron chi connectivity index (χ4n) is 1.57. The summed E-state index contributed by atoms with van der Waals surface area (Å²) >= 11 is 7.09. The predicted molar refractivity (Wildman–Crippen MR) is 68.4 cm³/mol. The van der Waals surface area contributed by atoms with Crippen LogP contribution in [0.4, 0.5) is 0 Å². The molecule has 0 aliphatic carbocycles. The number of hydrogen-bond acceptors (Lipinski definition) is 0. The zero-order valence-electron chi connectivity index (χ0n) is 7.72. The van der Waals surface area contributed by atoms with Crippen molar-refractivity contribution in [2.75, 3.05) is 0 Å². The summed E-state index contributed by atoms with van der Waals surface area (Å²) in [5, 5.41) is 2.53. The van der Waals surface area contributed by atoms with Crippen molar-refractivity contribution in [2.45, 2.75) is 6.92 Å². The highest BCUT2D eigenvalue weighted by Gasteiger charge is 2.04. The molecule has 0 nitrogen and oxygen atoms in total. The van der Waals surface area contributed by atoms with Gasteiger partial charge in [-0.3, -0.25) is 0 Å². The number of hydrogen-bond donors (Lipinski definition) is 0. The number of halogens is 2. The van der Waals surface area contributed by atoms with Crippen LogP contribution in [0.5, 0.6) is 0 Å². The average molecular weight is 313 g/mol. The van der Waals surface area contributed by atoms with Gasteiger partial charge in [0, 0.05) is 8.95 Å². The molecule has 14 heavy (non-hydrogen) atoms. The maximum Gasteiger partial charge on any atom is 0.0395 e. The standard InChI is InChI=1S/C12H9Br2/c1-2-8-4-3-5-10-9(8)6-7-11(13)12(10)14/h2-7H,1H3. The van der Waals surface area contributed by atoms with Crippen molar-refractivity contribution in [3.63, 3.8) is 0 Å². The fourth-order valence-corrected chi connectivity index (χ4v) is 2.39. The Hall–Kier alpha value is -0.340. The van der Waals surface area contributed by atoms with Crippen LogP contribution in [-0.4, -0.2) is 0 Å². The summed E-state index contributed by atoms with van der Waals surface area (Å²) in [5.74, 6) is 0. The Morgan fingerprint density at radius 1 is 1.00 bits per heavy atom. The summed E-state index contributed by atoms with van der Waals surface area (Å²) in [6.07, 6.45) is 2.13. The van der Waals surface area contributed by atoms with E-state index in [1.807, 2.05) is 0 Å². The largest absolute Gasteiger partial charge is 0.0613 e. The highest BCUT2D eigenvalue weighted by atomic mass is 79.9. The van der Waals surface area contributed by atoms with E-state index in [2.05, 4.69) is 75.5 Å². The lowest BCUT2D eigenvalue weighted by Crippen LogP contribution is -1.83. The van der Waals surface area contributed by atoms with Crippen LogP contribution in [0, 0.1) is 6.42 Å². The predicted octanol–water partition coefficient (Wildman–Crippen LogP) is 4.94. The van der Waals surface area contributed by atoms with E-state index in [0.29, 0.717) is 0 Å². The molecule has 1 radical (unpaired) electrons. The van der Waals surface area contributed by atoms with E-state index in [0.717, 1.165) is 8.95 Å². The summed E-state index contributed by atoms with van der Waals surface area (Å²) in [5.41, 5.74) is 1.27. The first-order valence-corrected chi connectivity index (χ1v) is 5.98. The fraction of sp³-hybridized carbons (Fsp3) is 0.0833. The van der Waals surface area contributed by atoms with Gasteiger partial charge < -0.3 is 0 Å². The van der Waals surface area contributed by atoms with E-state index in [1.165, 1.54) is 16.3 Å². The van der Waals surface area contributed by atoms with Gasteiger partial charge in [-0.1, -0.05) is 31.2 Å². The van der Waals surface area contributed by atoms with E-state index in [1.54, 1.807) is 0 Å². The lowest BCUT2D eigenvalue weighted by Gasteiger charge is -2.06. The molecule has 2 aromatic rings. The molecule has 0 aliphatic heterocycles. The number of benzene rings is 2. The van der Waals surface area contributed by atoms with Gasteiger partial charge in [-0.05, 0) is 60.7 Å². The van der Waals surface area contributed by atoms with E-state index >= 15 is 0 Å². The molecular formula is C12H9Br2. The Morgan fingerprint density at radius 3 is 2.50 bits per heavy atom. The minimum absolute atomic E-state index is 1.10. The zero-order chi connectivity index (χ0) is 10.1. The van der Waals surface area contributed by atoms with Gasteiger partial charge in [0.05, 0.1) is 0 Å². The molecule has 0 aromatic heterocycles. The van der Waals surface area contributed by atoms with Gasteiger partial charge in [-0.25, -0.2) is 0 Å². The quantitative estimate of drug-likeness (QED) is 0.700. The monoisotopic (exact) mass is 311 g/mol. The molecule has 0 bridgehead atoms. The van der Waals surface area contributed by atoms with Crippen molar-refractivity contribution in [2.24, 2.45) is 0 Å². The van der Waals surface area contributed by atoms with E-state index in [-0.39, 0.29) is 0 Å². The van der Waals surface area contributed by atoms with Crippen LogP contribution in [0.3, 0.4) is 0 Å². The summed E-state index contributed by atoms with van der Waals surface area (Å²) < 4.78 is 2.22. The number of rotatable bonds is 1. The van der Waals surface area contributed by atoms with Crippen molar-refractivity contribution in [1.29, 1.82) is 0 Å². The van der Waals surface area contributed by atoms with E-state index in [9.17, 15) is 0 Å². The Labute approximate surface area is 101 Å². The van der Waals surface area contributed by atoms with Gasteiger partial charge >= 0.3 is 0 Å². The molecule has 0 unspecified atom stereocenters. The molecule has 0 spiro atoms. The van der Waals surface area contributed by atoms with Gasteiger partial charge in [0.2, 0.25) is 0 Å². The molecule has 0 amide bonds. The molecule has 0 N–H and O–H groups in total. The average Bonchev–Trinajstić information content (AvgIpc) is 2.23. The molecule has 0 saturated carbocycles. The minimum Gasteiger partial charge on any atom is -0.0613 e. The Kier molecular flexibility index (Phi) is 2.93. The second-order valence-corrected chi connectivity index (χ2v) is 4.74. The molecule has 0 aliphatic rings. The van der Waals surface area contributed by atoms with Crippen LogP contribution in [0.15, 0.2) is 39.3 Å².